The Kier molecular flexibility index (Phi) is 5.94. The van der Waals surface area contributed by atoms with E-state index in [0.717, 1.165) is 18.9 Å². The van der Waals surface area contributed by atoms with Gasteiger partial charge in [0.25, 0.3) is 5.91 Å². The molecule has 0 spiro atoms. The highest BCUT2D eigenvalue weighted by Gasteiger charge is 2.14. The number of ether oxygens (including phenoxy) is 1. The summed E-state index contributed by atoms with van der Waals surface area (Å²) in [5.74, 6) is 1.61. The maximum Gasteiger partial charge on any atom is 0.258 e. The molecule has 1 aromatic heterocycles. The van der Waals surface area contributed by atoms with Crippen LogP contribution in [0.1, 0.15) is 18.7 Å². The highest BCUT2D eigenvalue weighted by Crippen LogP contribution is 2.27. The van der Waals surface area contributed by atoms with Crippen LogP contribution in [0.5, 0.6) is 5.75 Å². The molecule has 6 nitrogen and oxygen atoms in total. The number of aromatic nitrogens is 2. The molecule has 0 unspecified atom stereocenters. The van der Waals surface area contributed by atoms with Crippen molar-refractivity contribution < 1.29 is 9.53 Å². The van der Waals surface area contributed by atoms with Gasteiger partial charge in [0.1, 0.15) is 17.4 Å². The highest BCUT2D eigenvalue weighted by molar-refractivity contribution is 6.35. The Morgan fingerprint density at radius 1 is 1.24 bits per heavy atom. The van der Waals surface area contributed by atoms with Gasteiger partial charge in [0.15, 0.2) is 6.61 Å². The summed E-state index contributed by atoms with van der Waals surface area (Å²) in [4.78, 5) is 22.8. The molecule has 1 fully saturated rings. The molecule has 1 amide bonds. The number of carbonyl (C=O) groups excluding carboxylic acids is 1. The second-order valence-corrected chi connectivity index (χ2v) is 6.51. The molecule has 0 saturated carbocycles. The van der Waals surface area contributed by atoms with Crippen LogP contribution in [0.4, 0.5) is 5.82 Å². The van der Waals surface area contributed by atoms with Crippen molar-refractivity contribution in [2.45, 2.75) is 19.4 Å². The average molecular weight is 381 g/mol. The van der Waals surface area contributed by atoms with Crippen LogP contribution < -0.4 is 15.0 Å². The Bertz CT molecular complexity index is 751. The Hall–Kier alpha value is -2.05. The van der Waals surface area contributed by atoms with Crippen molar-refractivity contribution in [3.05, 3.63) is 46.3 Å². The molecular weight excluding hydrogens is 363 g/mol. The summed E-state index contributed by atoms with van der Waals surface area (Å²) in [7, 11) is 0. The first-order valence-electron chi connectivity index (χ1n) is 8.03. The Morgan fingerprint density at radius 2 is 2.04 bits per heavy atom. The minimum Gasteiger partial charge on any atom is -0.482 e. The number of amides is 1. The summed E-state index contributed by atoms with van der Waals surface area (Å²) in [6.07, 6.45) is 4.08. The molecule has 132 valence electrons. The Labute approximate surface area is 156 Å². The van der Waals surface area contributed by atoms with Crippen molar-refractivity contribution in [1.82, 2.24) is 15.3 Å². The van der Waals surface area contributed by atoms with Gasteiger partial charge in [0.05, 0.1) is 11.6 Å². The molecule has 25 heavy (non-hydrogen) atoms. The predicted molar refractivity (Wildman–Crippen MR) is 97.3 cm³/mol. The highest BCUT2D eigenvalue weighted by atomic mass is 35.5. The second-order valence-electron chi connectivity index (χ2n) is 5.67. The fraction of sp³-hybridized carbons (Fsp3) is 0.353. The number of benzene rings is 1. The van der Waals surface area contributed by atoms with Crippen molar-refractivity contribution in [1.29, 1.82) is 0 Å². The molecule has 1 N–H and O–H groups in total. The van der Waals surface area contributed by atoms with Gasteiger partial charge in [-0.15, -0.1) is 0 Å². The van der Waals surface area contributed by atoms with Gasteiger partial charge in [-0.25, -0.2) is 9.97 Å². The Balaban J connectivity index is 1.49. The number of nitrogens with one attached hydrogen (secondary N) is 1. The standard InChI is InChI=1S/C17H18Cl2N4O2/c18-12-3-4-14(13(19)9-12)25-11-17(24)21-10-15-20-6-5-16(22-15)23-7-1-2-8-23/h3-6,9H,1-2,7-8,10-11H2,(H,21,24). The fourth-order valence-corrected chi connectivity index (χ4v) is 3.02. The van der Waals surface area contributed by atoms with Crippen LogP contribution in [0.3, 0.4) is 0 Å². The zero-order chi connectivity index (χ0) is 17.6. The molecular formula is C17H18Cl2N4O2. The van der Waals surface area contributed by atoms with Crippen molar-refractivity contribution in [2.24, 2.45) is 0 Å². The van der Waals surface area contributed by atoms with E-state index in [9.17, 15) is 4.79 Å². The number of carbonyl (C=O) groups is 1. The molecule has 0 bridgehead atoms. The lowest BCUT2D eigenvalue weighted by Crippen LogP contribution is -2.29. The average Bonchev–Trinajstić information content (AvgIpc) is 3.14. The third kappa shape index (κ3) is 4.96. The lowest BCUT2D eigenvalue weighted by Gasteiger charge is -2.16. The van der Waals surface area contributed by atoms with Crippen molar-refractivity contribution in [3.63, 3.8) is 0 Å². The van der Waals surface area contributed by atoms with Gasteiger partial charge in [-0.2, -0.15) is 0 Å². The molecule has 0 aliphatic carbocycles. The lowest BCUT2D eigenvalue weighted by atomic mass is 10.3. The molecule has 1 aromatic carbocycles. The van der Waals surface area contributed by atoms with Gasteiger partial charge in [0, 0.05) is 24.3 Å². The fourth-order valence-electron chi connectivity index (χ4n) is 2.56. The maximum absolute atomic E-state index is 11.9. The molecule has 8 heteroatoms. The number of hydrogen-bond donors (Lipinski definition) is 1. The molecule has 1 saturated heterocycles. The zero-order valence-corrected chi connectivity index (χ0v) is 15.1. The van der Waals surface area contributed by atoms with E-state index in [2.05, 4.69) is 20.2 Å². The van der Waals surface area contributed by atoms with Crippen LogP contribution in [-0.2, 0) is 11.3 Å². The van der Waals surface area contributed by atoms with Gasteiger partial charge < -0.3 is 15.0 Å². The van der Waals surface area contributed by atoms with E-state index in [1.165, 1.54) is 12.8 Å². The first-order chi connectivity index (χ1) is 12.1. The molecule has 3 rings (SSSR count). The smallest absolute Gasteiger partial charge is 0.258 e. The molecule has 1 aliphatic rings. The van der Waals surface area contributed by atoms with Crippen LogP contribution in [0.2, 0.25) is 10.0 Å². The zero-order valence-electron chi connectivity index (χ0n) is 13.5. The topological polar surface area (TPSA) is 67.3 Å². The van der Waals surface area contributed by atoms with E-state index >= 15 is 0 Å². The first-order valence-corrected chi connectivity index (χ1v) is 8.79. The number of rotatable bonds is 6. The number of anilines is 1. The predicted octanol–water partition coefficient (Wildman–Crippen LogP) is 3.08. The summed E-state index contributed by atoms with van der Waals surface area (Å²) in [5, 5.41) is 3.62. The first kappa shape index (κ1) is 17.8. The van der Waals surface area contributed by atoms with Gasteiger partial charge in [-0.05, 0) is 37.1 Å². The van der Waals surface area contributed by atoms with Gasteiger partial charge in [0.2, 0.25) is 0 Å². The number of halogens is 2. The summed E-state index contributed by atoms with van der Waals surface area (Å²) in [6, 6.07) is 6.73. The minimum atomic E-state index is -0.277. The van der Waals surface area contributed by atoms with Gasteiger partial charge in [-0.3, -0.25) is 4.79 Å². The van der Waals surface area contributed by atoms with Crippen LogP contribution in [0, 0.1) is 0 Å². The number of nitrogens with zero attached hydrogens (tertiary/aromatic N) is 3. The molecule has 0 radical (unpaired) electrons. The van der Waals surface area contributed by atoms with Crippen LogP contribution in [0.15, 0.2) is 30.5 Å². The van der Waals surface area contributed by atoms with Gasteiger partial charge in [-0.1, -0.05) is 23.2 Å². The van der Waals surface area contributed by atoms with Crippen LogP contribution in [0.25, 0.3) is 0 Å². The summed E-state index contributed by atoms with van der Waals surface area (Å²) in [6.45, 7) is 2.13. The van der Waals surface area contributed by atoms with E-state index in [1.807, 2.05) is 6.07 Å². The van der Waals surface area contributed by atoms with Crippen LogP contribution in [-0.4, -0.2) is 35.6 Å². The molecule has 0 atom stereocenters. The Morgan fingerprint density at radius 3 is 2.80 bits per heavy atom. The third-order valence-electron chi connectivity index (χ3n) is 3.82. The normalized spacial score (nSPS) is 13.8. The summed E-state index contributed by atoms with van der Waals surface area (Å²) < 4.78 is 5.40. The monoisotopic (exact) mass is 380 g/mol. The molecule has 1 aliphatic heterocycles. The summed E-state index contributed by atoms with van der Waals surface area (Å²) >= 11 is 11.8. The van der Waals surface area contributed by atoms with Crippen molar-refractivity contribution >= 4 is 34.9 Å². The quantitative estimate of drug-likeness (QED) is 0.833. The van der Waals surface area contributed by atoms with Crippen LogP contribution >= 0.6 is 23.2 Å². The lowest BCUT2D eigenvalue weighted by molar-refractivity contribution is -0.123. The largest absolute Gasteiger partial charge is 0.482 e. The van der Waals surface area contributed by atoms with E-state index in [0.29, 0.717) is 21.6 Å². The minimum absolute atomic E-state index is 0.146. The van der Waals surface area contributed by atoms with Crippen molar-refractivity contribution in [3.8, 4) is 5.75 Å². The van der Waals surface area contributed by atoms with E-state index in [-0.39, 0.29) is 19.1 Å². The van der Waals surface area contributed by atoms with E-state index in [1.54, 1.807) is 24.4 Å². The van der Waals surface area contributed by atoms with E-state index < -0.39 is 0 Å². The number of hydrogen-bond acceptors (Lipinski definition) is 5. The van der Waals surface area contributed by atoms with Gasteiger partial charge >= 0.3 is 0 Å². The SMILES string of the molecule is O=C(COc1ccc(Cl)cc1Cl)NCc1nccc(N2CCCC2)n1. The van der Waals surface area contributed by atoms with Crippen molar-refractivity contribution in [2.75, 3.05) is 24.6 Å². The van der Waals surface area contributed by atoms with E-state index in [4.69, 9.17) is 27.9 Å². The molecule has 2 heterocycles. The second kappa shape index (κ2) is 8.36. The summed E-state index contributed by atoms with van der Waals surface area (Å²) in [5.41, 5.74) is 0. The molecule has 2 aromatic rings. The maximum atomic E-state index is 11.9. The third-order valence-corrected chi connectivity index (χ3v) is 4.35.